The molecule has 3 aromatic rings. The summed E-state index contributed by atoms with van der Waals surface area (Å²) >= 11 is 0. The number of nitrogens with zero attached hydrogens (tertiary/aromatic N) is 2. The number of benzene rings is 2. The molecule has 0 atom stereocenters. The number of ether oxygens (including phenoxy) is 1. The van der Waals surface area contributed by atoms with Crippen molar-refractivity contribution >= 4 is 11.9 Å². The first-order valence-corrected chi connectivity index (χ1v) is 8.90. The maximum absolute atomic E-state index is 12.0. The number of alkyl carbamates (subject to hydrolysis) is 1. The zero-order valence-electron chi connectivity index (χ0n) is 15.2. The van der Waals surface area contributed by atoms with Crippen LogP contribution in [-0.4, -0.2) is 34.1 Å². The Bertz CT molecular complexity index is 1100. The maximum Gasteiger partial charge on any atom is 0.407 e. The summed E-state index contributed by atoms with van der Waals surface area (Å²) in [5.41, 5.74) is 4.59. The summed E-state index contributed by atoms with van der Waals surface area (Å²) in [6.45, 7) is 0.193. The van der Waals surface area contributed by atoms with E-state index in [4.69, 9.17) is 4.74 Å². The van der Waals surface area contributed by atoms with Crippen molar-refractivity contribution in [3.05, 3.63) is 81.8 Å². The van der Waals surface area contributed by atoms with Crippen molar-refractivity contribution in [1.82, 2.24) is 15.3 Å². The van der Waals surface area contributed by atoms with Crippen LogP contribution in [0.3, 0.4) is 0 Å². The summed E-state index contributed by atoms with van der Waals surface area (Å²) in [6.07, 6.45) is 0.596. The number of imidazole rings is 1. The van der Waals surface area contributed by atoms with E-state index in [0.29, 0.717) is 0 Å². The van der Waals surface area contributed by atoms with Gasteiger partial charge in [-0.05, 0) is 33.1 Å². The van der Waals surface area contributed by atoms with Crippen LogP contribution in [0.4, 0.5) is 10.6 Å². The van der Waals surface area contributed by atoms with E-state index in [1.807, 2.05) is 36.4 Å². The van der Waals surface area contributed by atoms with Gasteiger partial charge in [-0.25, -0.2) is 9.78 Å². The second-order valence-electron chi connectivity index (χ2n) is 6.34. The van der Waals surface area contributed by atoms with Crippen LogP contribution < -0.4 is 5.32 Å². The number of carbonyl (C=O) groups is 1. The van der Waals surface area contributed by atoms with Crippen molar-refractivity contribution in [2.24, 2.45) is 0 Å². The Balaban J connectivity index is 1.36. The van der Waals surface area contributed by atoms with Crippen LogP contribution in [0.2, 0.25) is 0 Å². The molecule has 2 N–H and O–H groups in total. The number of nitrogens with one attached hydrogen (secondary N) is 2. The summed E-state index contributed by atoms with van der Waals surface area (Å²) < 4.78 is 5.39. The van der Waals surface area contributed by atoms with E-state index >= 15 is 0 Å². The summed E-state index contributed by atoms with van der Waals surface area (Å²) in [4.78, 5) is 28.4. The van der Waals surface area contributed by atoms with Gasteiger partial charge < -0.3 is 20.2 Å². The van der Waals surface area contributed by atoms with Crippen LogP contribution in [0.1, 0.15) is 22.7 Å². The Hall–Kier alpha value is -4.12. The Morgan fingerprint density at radius 3 is 2.48 bits per heavy atom. The molecule has 1 aromatic heterocycles. The molecule has 29 heavy (non-hydrogen) atoms. The predicted octanol–water partition coefficient (Wildman–Crippen LogP) is 3.21. The number of amides is 1. The fourth-order valence-corrected chi connectivity index (χ4v) is 3.41. The standard InChI is InChI=1S/C21H16N4O4/c26-21(22-11-5-10-19-20(25(27)28)24-13-23-19)29-12-18-16-8-3-1-6-14(16)15-7-2-4-9-17(15)18/h1-4,6-9,13,18H,11-12H2,(H,22,26)(H,23,24). The minimum atomic E-state index is -0.601. The molecule has 0 radical (unpaired) electrons. The van der Waals surface area contributed by atoms with E-state index in [9.17, 15) is 14.9 Å². The van der Waals surface area contributed by atoms with Crippen molar-refractivity contribution in [2.45, 2.75) is 5.92 Å². The predicted molar refractivity (Wildman–Crippen MR) is 105 cm³/mol. The normalized spacial score (nSPS) is 11.7. The highest BCUT2D eigenvalue weighted by Crippen LogP contribution is 2.44. The van der Waals surface area contributed by atoms with Gasteiger partial charge in [-0.15, -0.1) is 0 Å². The molecule has 0 aliphatic heterocycles. The van der Waals surface area contributed by atoms with Gasteiger partial charge in [-0.3, -0.25) is 0 Å². The summed E-state index contributed by atoms with van der Waals surface area (Å²) in [7, 11) is 0. The second-order valence-corrected chi connectivity index (χ2v) is 6.34. The average Bonchev–Trinajstić information content (AvgIpc) is 3.33. The molecule has 0 fully saturated rings. The molecule has 4 rings (SSSR count). The molecular weight excluding hydrogens is 372 g/mol. The monoisotopic (exact) mass is 388 g/mol. The molecule has 1 amide bonds. The molecular formula is C21H16N4O4. The zero-order valence-corrected chi connectivity index (χ0v) is 15.2. The van der Waals surface area contributed by atoms with Gasteiger partial charge in [-0.2, -0.15) is 4.98 Å². The number of carbonyl (C=O) groups excluding carboxylic acids is 1. The van der Waals surface area contributed by atoms with Gasteiger partial charge >= 0.3 is 11.9 Å². The molecule has 0 unspecified atom stereocenters. The highest BCUT2D eigenvalue weighted by Gasteiger charge is 2.28. The minimum Gasteiger partial charge on any atom is -0.449 e. The van der Waals surface area contributed by atoms with Gasteiger partial charge in [-0.1, -0.05) is 54.5 Å². The van der Waals surface area contributed by atoms with Crippen molar-refractivity contribution in [2.75, 3.05) is 13.2 Å². The largest absolute Gasteiger partial charge is 0.449 e. The third-order valence-corrected chi connectivity index (χ3v) is 4.67. The Morgan fingerprint density at radius 1 is 1.17 bits per heavy atom. The Labute approximate surface area is 166 Å². The second kappa shape index (κ2) is 7.86. The molecule has 0 saturated heterocycles. The third kappa shape index (κ3) is 3.66. The van der Waals surface area contributed by atoms with Crippen LogP contribution in [-0.2, 0) is 4.74 Å². The molecule has 1 aliphatic carbocycles. The van der Waals surface area contributed by atoms with Crippen molar-refractivity contribution in [3.63, 3.8) is 0 Å². The van der Waals surface area contributed by atoms with E-state index in [1.165, 1.54) is 6.33 Å². The van der Waals surface area contributed by atoms with Crippen LogP contribution >= 0.6 is 0 Å². The van der Waals surface area contributed by atoms with Gasteiger partial charge in [0.05, 0.1) is 6.54 Å². The van der Waals surface area contributed by atoms with Gasteiger partial charge in [0, 0.05) is 5.92 Å². The molecule has 144 valence electrons. The van der Waals surface area contributed by atoms with Gasteiger partial charge in [0.1, 0.15) is 6.61 Å². The third-order valence-electron chi connectivity index (χ3n) is 4.67. The minimum absolute atomic E-state index is 0.0132. The van der Waals surface area contributed by atoms with E-state index in [-0.39, 0.29) is 30.6 Å². The van der Waals surface area contributed by atoms with Gasteiger partial charge in [0.15, 0.2) is 6.33 Å². The first-order chi connectivity index (χ1) is 14.1. The van der Waals surface area contributed by atoms with E-state index < -0.39 is 11.0 Å². The Morgan fingerprint density at radius 2 is 1.83 bits per heavy atom. The molecule has 0 spiro atoms. The number of aromatic amines is 1. The molecule has 8 nitrogen and oxygen atoms in total. The zero-order chi connectivity index (χ0) is 20.2. The van der Waals surface area contributed by atoms with E-state index in [2.05, 4.69) is 39.3 Å². The maximum atomic E-state index is 12.0. The summed E-state index contributed by atoms with van der Waals surface area (Å²) in [5, 5.41) is 13.3. The average molecular weight is 388 g/mol. The number of aromatic nitrogens is 2. The lowest BCUT2D eigenvalue weighted by atomic mass is 9.98. The lowest BCUT2D eigenvalue weighted by molar-refractivity contribution is -0.389. The SMILES string of the molecule is O=C(NCC#Cc1nc[nH]c1[N+](=O)[O-])OCC1c2ccccc2-c2ccccc21. The van der Waals surface area contributed by atoms with Crippen LogP contribution in [0.25, 0.3) is 11.1 Å². The first-order valence-electron chi connectivity index (χ1n) is 8.90. The number of fused-ring (bicyclic) bond motifs is 3. The number of hydrogen-bond donors (Lipinski definition) is 2. The number of nitro groups is 1. The topological polar surface area (TPSA) is 110 Å². The summed E-state index contributed by atoms with van der Waals surface area (Å²) in [5.74, 6) is 4.87. The van der Waals surface area contributed by atoms with Gasteiger partial charge in [0.2, 0.25) is 5.69 Å². The summed E-state index contributed by atoms with van der Waals surface area (Å²) in [6, 6.07) is 16.2. The number of H-pyrrole nitrogens is 1. The quantitative estimate of drug-likeness (QED) is 0.405. The molecule has 0 bridgehead atoms. The molecule has 8 heteroatoms. The van der Waals surface area contributed by atoms with Crippen LogP contribution in [0.5, 0.6) is 0 Å². The first kappa shape index (κ1) is 18.3. The highest BCUT2D eigenvalue weighted by molar-refractivity contribution is 5.79. The lowest BCUT2D eigenvalue weighted by Gasteiger charge is -2.14. The fourth-order valence-electron chi connectivity index (χ4n) is 3.41. The molecule has 1 aliphatic rings. The smallest absolute Gasteiger partial charge is 0.407 e. The lowest BCUT2D eigenvalue weighted by Crippen LogP contribution is -2.26. The Kier molecular flexibility index (Phi) is 4.95. The highest BCUT2D eigenvalue weighted by atomic mass is 16.6. The fraction of sp³-hybridized carbons (Fsp3) is 0.143. The van der Waals surface area contributed by atoms with Crippen molar-refractivity contribution in [1.29, 1.82) is 0 Å². The van der Waals surface area contributed by atoms with Gasteiger partial charge in [0.25, 0.3) is 0 Å². The van der Waals surface area contributed by atoms with Crippen LogP contribution in [0.15, 0.2) is 54.9 Å². The van der Waals surface area contributed by atoms with E-state index in [1.54, 1.807) is 0 Å². The van der Waals surface area contributed by atoms with Crippen LogP contribution in [0, 0.1) is 22.0 Å². The molecule has 1 heterocycles. The van der Waals surface area contributed by atoms with Crippen molar-refractivity contribution < 1.29 is 14.5 Å². The molecule has 2 aromatic carbocycles. The number of hydrogen-bond acceptors (Lipinski definition) is 5. The van der Waals surface area contributed by atoms with E-state index in [0.717, 1.165) is 22.3 Å². The van der Waals surface area contributed by atoms with Crippen molar-refractivity contribution in [3.8, 4) is 23.0 Å². The molecule has 0 saturated carbocycles. The number of rotatable bonds is 4.